The first-order valence-corrected chi connectivity index (χ1v) is 8.93. The highest BCUT2D eigenvalue weighted by Gasteiger charge is 2.35. The van der Waals surface area contributed by atoms with E-state index < -0.39 is 17.1 Å². The van der Waals surface area contributed by atoms with E-state index in [2.05, 4.69) is 15.3 Å². The Morgan fingerprint density at radius 1 is 1.07 bits per heavy atom. The van der Waals surface area contributed by atoms with Gasteiger partial charge in [-0.1, -0.05) is 24.3 Å². The number of nitrogens with zero attached hydrogens (tertiary/aromatic N) is 1. The van der Waals surface area contributed by atoms with Crippen molar-refractivity contribution in [1.82, 2.24) is 9.97 Å². The summed E-state index contributed by atoms with van der Waals surface area (Å²) < 4.78 is 10.8. The van der Waals surface area contributed by atoms with Gasteiger partial charge in [-0.15, -0.1) is 0 Å². The first-order valence-electron chi connectivity index (χ1n) is 8.93. The van der Waals surface area contributed by atoms with Crippen LogP contribution in [0, 0.1) is 0 Å². The van der Waals surface area contributed by atoms with Gasteiger partial charge in [-0.05, 0) is 29.8 Å². The van der Waals surface area contributed by atoms with Gasteiger partial charge in [0.2, 0.25) is 5.95 Å². The summed E-state index contributed by atoms with van der Waals surface area (Å²) in [6.45, 7) is 0. The van der Waals surface area contributed by atoms with Crippen molar-refractivity contribution in [3.63, 3.8) is 0 Å². The van der Waals surface area contributed by atoms with Gasteiger partial charge in [0, 0.05) is 5.39 Å². The molecule has 0 radical (unpaired) electrons. The zero-order chi connectivity index (χ0) is 20.1. The molecule has 1 aliphatic heterocycles. The molecule has 0 fully saturated rings. The summed E-state index contributed by atoms with van der Waals surface area (Å²) in [5.74, 6) is 0.295. The maximum absolute atomic E-state index is 13.0. The van der Waals surface area contributed by atoms with E-state index in [1.165, 1.54) is 0 Å². The number of rotatable bonds is 2. The van der Waals surface area contributed by atoms with Crippen LogP contribution in [0.5, 0.6) is 5.75 Å². The number of fused-ring (bicyclic) bond motifs is 4. The Morgan fingerprint density at radius 2 is 1.83 bits per heavy atom. The molecular weight excluding hydrogens is 372 g/mol. The van der Waals surface area contributed by atoms with Crippen molar-refractivity contribution in [2.24, 2.45) is 0 Å². The van der Waals surface area contributed by atoms with E-state index in [4.69, 9.17) is 14.9 Å². The van der Waals surface area contributed by atoms with Crippen LogP contribution in [0.15, 0.2) is 62.5 Å². The number of H-pyrrole nitrogens is 1. The van der Waals surface area contributed by atoms with Crippen molar-refractivity contribution in [3.05, 3.63) is 86.0 Å². The SMILES string of the molecule is COc1ccc(C2c3c(nc(N)[nH]c3=O)Nc3c2c(=O)oc2ccccc32)cc1. The summed E-state index contributed by atoms with van der Waals surface area (Å²) in [5.41, 5.74) is 7.21. The van der Waals surface area contributed by atoms with Gasteiger partial charge < -0.3 is 20.2 Å². The Labute approximate surface area is 164 Å². The molecule has 29 heavy (non-hydrogen) atoms. The molecule has 0 amide bonds. The Balaban J connectivity index is 1.88. The number of nitrogen functional groups attached to an aromatic ring is 1. The average Bonchev–Trinajstić information content (AvgIpc) is 2.72. The third kappa shape index (κ3) is 2.57. The lowest BCUT2D eigenvalue weighted by molar-refractivity contribution is 0.414. The highest BCUT2D eigenvalue weighted by Crippen LogP contribution is 2.43. The number of ether oxygens (including phenoxy) is 1. The van der Waals surface area contributed by atoms with E-state index >= 15 is 0 Å². The molecule has 4 N–H and O–H groups in total. The van der Waals surface area contributed by atoms with E-state index in [0.717, 1.165) is 5.56 Å². The van der Waals surface area contributed by atoms with Crippen LogP contribution in [0.4, 0.5) is 17.5 Å². The summed E-state index contributed by atoms with van der Waals surface area (Å²) in [6.07, 6.45) is 0. The number of hydrogen-bond acceptors (Lipinski definition) is 7. The Kier molecular flexibility index (Phi) is 3.67. The van der Waals surface area contributed by atoms with E-state index in [0.29, 0.717) is 39.4 Å². The van der Waals surface area contributed by atoms with Crippen LogP contribution in [0.1, 0.15) is 22.6 Å². The van der Waals surface area contributed by atoms with Crippen LogP contribution in [-0.2, 0) is 0 Å². The van der Waals surface area contributed by atoms with E-state index in [-0.39, 0.29) is 5.95 Å². The molecule has 1 unspecified atom stereocenters. The monoisotopic (exact) mass is 388 g/mol. The zero-order valence-corrected chi connectivity index (χ0v) is 15.4. The summed E-state index contributed by atoms with van der Waals surface area (Å²) in [5, 5.41) is 3.85. The minimum Gasteiger partial charge on any atom is -0.497 e. The molecule has 1 aliphatic rings. The highest BCUT2D eigenvalue weighted by atomic mass is 16.5. The van der Waals surface area contributed by atoms with Crippen molar-refractivity contribution in [2.45, 2.75) is 5.92 Å². The number of nitrogens with two attached hydrogens (primary N) is 1. The first-order chi connectivity index (χ1) is 14.1. The highest BCUT2D eigenvalue weighted by molar-refractivity contribution is 5.95. The van der Waals surface area contributed by atoms with Crippen LogP contribution in [0.2, 0.25) is 0 Å². The topological polar surface area (TPSA) is 123 Å². The Hall–Kier alpha value is -4.07. The van der Waals surface area contributed by atoms with E-state index in [1.807, 2.05) is 24.3 Å². The molecule has 2 aromatic carbocycles. The fourth-order valence-electron chi connectivity index (χ4n) is 3.82. The van der Waals surface area contributed by atoms with Crippen LogP contribution in [-0.4, -0.2) is 17.1 Å². The number of methoxy groups -OCH3 is 1. The van der Waals surface area contributed by atoms with Gasteiger partial charge in [-0.2, -0.15) is 4.98 Å². The molecule has 3 heterocycles. The summed E-state index contributed by atoms with van der Waals surface area (Å²) in [7, 11) is 1.57. The normalized spacial score (nSPS) is 14.7. The first kappa shape index (κ1) is 17.1. The molecule has 0 aliphatic carbocycles. The lowest BCUT2D eigenvalue weighted by Crippen LogP contribution is -2.30. The predicted octanol–water partition coefficient (Wildman–Crippen LogP) is 2.70. The number of para-hydroxylation sites is 1. The van der Waals surface area contributed by atoms with Crippen LogP contribution >= 0.6 is 0 Å². The van der Waals surface area contributed by atoms with Crippen LogP contribution < -0.4 is 27.0 Å². The lowest BCUT2D eigenvalue weighted by Gasteiger charge is -2.27. The number of aromatic amines is 1. The number of benzene rings is 2. The van der Waals surface area contributed by atoms with Crippen molar-refractivity contribution in [3.8, 4) is 5.75 Å². The molecule has 0 saturated heterocycles. The fourth-order valence-corrected chi connectivity index (χ4v) is 3.82. The maximum Gasteiger partial charge on any atom is 0.342 e. The summed E-state index contributed by atoms with van der Waals surface area (Å²) >= 11 is 0. The third-order valence-electron chi connectivity index (χ3n) is 5.09. The predicted molar refractivity (Wildman–Crippen MR) is 109 cm³/mol. The van der Waals surface area contributed by atoms with Crippen molar-refractivity contribution >= 4 is 28.4 Å². The van der Waals surface area contributed by atoms with E-state index in [1.54, 1.807) is 31.4 Å². The molecule has 2 aromatic heterocycles. The number of nitrogens with one attached hydrogen (secondary N) is 2. The fraction of sp³-hybridized carbons (Fsp3) is 0.0952. The Bertz CT molecular complexity index is 1370. The maximum atomic E-state index is 13.0. The smallest absolute Gasteiger partial charge is 0.342 e. The van der Waals surface area contributed by atoms with Crippen molar-refractivity contribution in [2.75, 3.05) is 18.2 Å². The molecular formula is C21H16N4O4. The van der Waals surface area contributed by atoms with Gasteiger partial charge in [-0.3, -0.25) is 9.78 Å². The largest absolute Gasteiger partial charge is 0.497 e. The van der Waals surface area contributed by atoms with Gasteiger partial charge in [0.25, 0.3) is 5.56 Å². The third-order valence-corrected chi connectivity index (χ3v) is 5.09. The summed E-state index contributed by atoms with van der Waals surface area (Å²) in [4.78, 5) is 32.6. The van der Waals surface area contributed by atoms with Crippen molar-refractivity contribution < 1.29 is 9.15 Å². The minimum atomic E-state index is -0.676. The quantitative estimate of drug-likeness (QED) is 0.397. The van der Waals surface area contributed by atoms with Gasteiger partial charge in [0.15, 0.2) is 0 Å². The van der Waals surface area contributed by atoms with E-state index in [9.17, 15) is 9.59 Å². The molecule has 1 atom stereocenters. The average molecular weight is 388 g/mol. The minimum absolute atomic E-state index is 0.00884. The zero-order valence-electron chi connectivity index (χ0n) is 15.4. The number of hydrogen-bond donors (Lipinski definition) is 3. The van der Waals surface area contributed by atoms with Gasteiger partial charge >= 0.3 is 5.63 Å². The van der Waals surface area contributed by atoms with Crippen molar-refractivity contribution in [1.29, 1.82) is 0 Å². The summed E-state index contributed by atoms with van der Waals surface area (Å²) in [6, 6.07) is 14.4. The standard InChI is InChI=1S/C21H16N4O4/c1-28-11-8-6-10(7-9-11)14-15-17(12-4-2-3-5-13(12)29-20(15)27)23-18-16(14)19(26)25-21(22)24-18/h2-9,14H,1H3,(H4,22,23,24,25,26). The van der Waals surface area contributed by atoms with Gasteiger partial charge in [-0.25, -0.2) is 4.79 Å². The lowest BCUT2D eigenvalue weighted by atomic mass is 9.83. The number of aromatic nitrogens is 2. The van der Waals surface area contributed by atoms with Gasteiger partial charge in [0.1, 0.15) is 17.2 Å². The van der Waals surface area contributed by atoms with Crippen LogP contribution in [0.3, 0.4) is 0 Å². The molecule has 144 valence electrons. The molecule has 5 rings (SSSR count). The Morgan fingerprint density at radius 3 is 2.59 bits per heavy atom. The second kappa shape index (κ2) is 6.23. The molecule has 0 spiro atoms. The molecule has 8 nitrogen and oxygen atoms in total. The number of anilines is 3. The van der Waals surface area contributed by atoms with Crippen LogP contribution in [0.25, 0.3) is 11.0 Å². The second-order valence-corrected chi connectivity index (χ2v) is 6.72. The second-order valence-electron chi connectivity index (χ2n) is 6.72. The molecule has 4 aromatic rings. The molecule has 0 bridgehead atoms. The molecule has 0 saturated carbocycles. The van der Waals surface area contributed by atoms with Gasteiger partial charge in [0.05, 0.1) is 29.8 Å². The molecule has 8 heteroatoms.